The van der Waals surface area contributed by atoms with Crippen molar-refractivity contribution in [1.29, 1.82) is 0 Å². The maximum Gasteiger partial charge on any atom is 0.119 e. The van der Waals surface area contributed by atoms with Crippen LogP contribution >= 0.6 is 0 Å². The molecule has 0 saturated carbocycles. The second kappa shape index (κ2) is 7.28. The minimum Gasteiger partial charge on any atom is -0.497 e. The van der Waals surface area contributed by atoms with Gasteiger partial charge in [0.1, 0.15) is 5.75 Å². The van der Waals surface area contributed by atoms with Crippen molar-refractivity contribution in [3.8, 4) is 5.75 Å². The molecule has 0 spiro atoms. The molecule has 1 aromatic rings. The van der Waals surface area contributed by atoms with Crippen LogP contribution < -0.4 is 10.5 Å². The van der Waals surface area contributed by atoms with Gasteiger partial charge in [0, 0.05) is 12.1 Å². The van der Waals surface area contributed by atoms with Crippen LogP contribution in [0, 0.1) is 5.92 Å². The molecule has 1 aromatic carbocycles. The number of hydrogen-bond acceptors (Lipinski definition) is 3. The van der Waals surface area contributed by atoms with Gasteiger partial charge in [-0.05, 0) is 68.5 Å². The first-order valence-electron chi connectivity index (χ1n) is 8.15. The summed E-state index contributed by atoms with van der Waals surface area (Å²) in [4.78, 5) is 2.47. The molecule has 2 rings (SSSR count). The highest BCUT2D eigenvalue weighted by molar-refractivity contribution is 5.39. The molecule has 0 saturated heterocycles. The molecule has 0 radical (unpaired) electrons. The van der Waals surface area contributed by atoms with E-state index in [1.165, 1.54) is 30.4 Å². The summed E-state index contributed by atoms with van der Waals surface area (Å²) in [6.45, 7) is 5.46. The lowest BCUT2D eigenvalue weighted by molar-refractivity contribution is 0.208. The van der Waals surface area contributed by atoms with E-state index in [2.05, 4.69) is 44.0 Å². The highest BCUT2D eigenvalue weighted by Gasteiger charge is 2.24. The van der Waals surface area contributed by atoms with Gasteiger partial charge in [-0.1, -0.05) is 19.9 Å². The van der Waals surface area contributed by atoms with E-state index in [0.717, 1.165) is 18.7 Å². The smallest absolute Gasteiger partial charge is 0.119 e. The van der Waals surface area contributed by atoms with Crippen LogP contribution in [0.15, 0.2) is 18.2 Å². The monoisotopic (exact) mass is 290 g/mol. The molecule has 0 aromatic heterocycles. The number of benzene rings is 1. The van der Waals surface area contributed by atoms with Crippen LogP contribution in [0.4, 0.5) is 0 Å². The Hall–Kier alpha value is -1.06. The van der Waals surface area contributed by atoms with Gasteiger partial charge in [0.15, 0.2) is 0 Å². The van der Waals surface area contributed by atoms with E-state index < -0.39 is 0 Å². The van der Waals surface area contributed by atoms with Crippen molar-refractivity contribution in [2.45, 2.75) is 51.6 Å². The third kappa shape index (κ3) is 3.98. The van der Waals surface area contributed by atoms with E-state index >= 15 is 0 Å². The minimum absolute atomic E-state index is 0.292. The van der Waals surface area contributed by atoms with Gasteiger partial charge in [-0.3, -0.25) is 4.90 Å². The molecule has 1 aliphatic carbocycles. The van der Waals surface area contributed by atoms with Gasteiger partial charge in [0.05, 0.1) is 7.11 Å². The van der Waals surface area contributed by atoms with Crippen LogP contribution in [0.1, 0.15) is 50.3 Å². The van der Waals surface area contributed by atoms with Crippen LogP contribution in [0.3, 0.4) is 0 Å². The molecule has 0 bridgehead atoms. The fourth-order valence-electron chi connectivity index (χ4n) is 3.18. The SMILES string of the molecule is COc1ccc2c(c1)C(N(C)CCC(N)C(C)C)CCC2. The molecule has 0 fully saturated rings. The summed E-state index contributed by atoms with van der Waals surface area (Å²) < 4.78 is 5.40. The molecule has 3 heteroatoms. The Balaban J connectivity index is 2.07. The summed E-state index contributed by atoms with van der Waals surface area (Å²) in [6.07, 6.45) is 4.75. The Kier molecular flexibility index (Phi) is 5.65. The zero-order chi connectivity index (χ0) is 15.4. The molecular formula is C18H30N2O. The summed E-state index contributed by atoms with van der Waals surface area (Å²) >= 11 is 0. The first-order valence-corrected chi connectivity index (χ1v) is 8.15. The summed E-state index contributed by atoms with van der Waals surface area (Å²) in [6, 6.07) is 7.33. The van der Waals surface area contributed by atoms with E-state index in [-0.39, 0.29) is 0 Å². The normalized spacial score (nSPS) is 19.7. The number of nitrogens with zero attached hydrogens (tertiary/aromatic N) is 1. The maximum atomic E-state index is 6.19. The van der Waals surface area contributed by atoms with Gasteiger partial charge in [-0.15, -0.1) is 0 Å². The fraction of sp³-hybridized carbons (Fsp3) is 0.667. The number of ether oxygens (including phenoxy) is 1. The van der Waals surface area contributed by atoms with Crippen molar-refractivity contribution in [2.75, 3.05) is 20.7 Å². The molecule has 1 aliphatic rings. The number of aryl methyl sites for hydroxylation is 1. The average molecular weight is 290 g/mol. The fourth-order valence-corrected chi connectivity index (χ4v) is 3.18. The Bertz CT molecular complexity index is 459. The van der Waals surface area contributed by atoms with Crippen LogP contribution in [-0.4, -0.2) is 31.6 Å². The standard InChI is InChI=1S/C18H30N2O/c1-13(2)17(19)10-11-20(3)18-7-5-6-14-8-9-15(21-4)12-16(14)18/h8-9,12-13,17-18H,5-7,10-11,19H2,1-4H3. The van der Waals surface area contributed by atoms with E-state index in [9.17, 15) is 0 Å². The first-order chi connectivity index (χ1) is 10.0. The first kappa shape index (κ1) is 16.3. The predicted octanol–water partition coefficient (Wildman–Crippen LogP) is 3.38. The zero-order valence-corrected chi connectivity index (χ0v) is 13.9. The van der Waals surface area contributed by atoms with Crippen LogP contribution in [-0.2, 0) is 6.42 Å². The number of fused-ring (bicyclic) bond motifs is 1. The van der Waals surface area contributed by atoms with Gasteiger partial charge in [0.25, 0.3) is 0 Å². The van der Waals surface area contributed by atoms with Gasteiger partial charge < -0.3 is 10.5 Å². The van der Waals surface area contributed by atoms with E-state index in [4.69, 9.17) is 10.5 Å². The lowest BCUT2D eigenvalue weighted by atomic mass is 9.86. The summed E-state index contributed by atoms with van der Waals surface area (Å²) in [5.41, 5.74) is 9.11. The molecule has 2 N–H and O–H groups in total. The lowest BCUT2D eigenvalue weighted by Crippen LogP contribution is -2.34. The lowest BCUT2D eigenvalue weighted by Gasteiger charge is -2.34. The van der Waals surface area contributed by atoms with Gasteiger partial charge >= 0.3 is 0 Å². The van der Waals surface area contributed by atoms with E-state index in [1.54, 1.807) is 7.11 Å². The highest BCUT2D eigenvalue weighted by Crippen LogP contribution is 2.35. The van der Waals surface area contributed by atoms with Crippen molar-refractivity contribution < 1.29 is 4.74 Å². The Morgan fingerprint density at radius 3 is 2.81 bits per heavy atom. The largest absolute Gasteiger partial charge is 0.497 e. The van der Waals surface area contributed by atoms with Crippen LogP contribution in [0.25, 0.3) is 0 Å². The number of hydrogen-bond donors (Lipinski definition) is 1. The highest BCUT2D eigenvalue weighted by atomic mass is 16.5. The van der Waals surface area contributed by atoms with Crippen molar-refractivity contribution in [1.82, 2.24) is 4.90 Å². The Morgan fingerprint density at radius 2 is 2.14 bits per heavy atom. The zero-order valence-electron chi connectivity index (χ0n) is 13.9. The van der Waals surface area contributed by atoms with Gasteiger partial charge in [-0.2, -0.15) is 0 Å². The summed E-state index contributed by atoms with van der Waals surface area (Å²) in [5.74, 6) is 1.52. The van der Waals surface area contributed by atoms with Crippen molar-refractivity contribution in [3.05, 3.63) is 29.3 Å². The molecule has 0 aliphatic heterocycles. The van der Waals surface area contributed by atoms with Crippen molar-refractivity contribution >= 4 is 0 Å². The van der Waals surface area contributed by atoms with E-state index in [1.807, 2.05) is 0 Å². The predicted molar refractivity (Wildman–Crippen MR) is 88.7 cm³/mol. The maximum absolute atomic E-state index is 6.19. The quantitative estimate of drug-likeness (QED) is 0.873. The minimum atomic E-state index is 0.292. The molecule has 21 heavy (non-hydrogen) atoms. The van der Waals surface area contributed by atoms with Gasteiger partial charge in [0.2, 0.25) is 0 Å². The molecule has 3 nitrogen and oxygen atoms in total. The molecule has 2 atom stereocenters. The topological polar surface area (TPSA) is 38.5 Å². The molecule has 0 amide bonds. The number of methoxy groups -OCH3 is 1. The Morgan fingerprint density at radius 1 is 1.38 bits per heavy atom. The van der Waals surface area contributed by atoms with Crippen LogP contribution in [0.2, 0.25) is 0 Å². The average Bonchev–Trinajstić information content (AvgIpc) is 2.50. The van der Waals surface area contributed by atoms with Gasteiger partial charge in [-0.25, -0.2) is 0 Å². The molecule has 118 valence electrons. The second-order valence-electron chi connectivity index (χ2n) is 6.65. The Labute approximate surface area is 129 Å². The number of rotatable bonds is 6. The van der Waals surface area contributed by atoms with Crippen LogP contribution in [0.5, 0.6) is 5.75 Å². The molecule has 2 unspecified atom stereocenters. The van der Waals surface area contributed by atoms with E-state index in [0.29, 0.717) is 18.0 Å². The molecule has 0 heterocycles. The second-order valence-corrected chi connectivity index (χ2v) is 6.65. The third-order valence-corrected chi connectivity index (χ3v) is 4.84. The summed E-state index contributed by atoms with van der Waals surface area (Å²) in [5, 5.41) is 0. The number of nitrogens with two attached hydrogens (primary N) is 1. The van der Waals surface area contributed by atoms with Crippen molar-refractivity contribution in [3.63, 3.8) is 0 Å². The van der Waals surface area contributed by atoms with Crippen molar-refractivity contribution in [2.24, 2.45) is 11.7 Å². The summed E-state index contributed by atoms with van der Waals surface area (Å²) in [7, 11) is 3.97. The third-order valence-electron chi connectivity index (χ3n) is 4.84. The molecular weight excluding hydrogens is 260 g/mol.